The first-order valence-corrected chi connectivity index (χ1v) is 14.4. The Labute approximate surface area is 205 Å². The average molecular weight is 509 g/mol. The van der Waals surface area contributed by atoms with Crippen LogP contribution < -0.4 is 20.0 Å². The standard InChI is InChI=1S/C25H24O8Si2/c1-18(26)30-35(31-19(2)27,32-20(3)28)24-14-15-25-21(16-24)17-29-34(33-25,22-10-6-4-7-11-22)23-12-8-5-9-13-23/h4-16H,17H2,1-3H3. The molecular weight excluding hydrogens is 484 g/mol. The molecule has 3 aromatic carbocycles. The highest BCUT2D eigenvalue weighted by atomic mass is 28.4. The summed E-state index contributed by atoms with van der Waals surface area (Å²) in [7, 11) is -7.30. The molecule has 0 aliphatic carbocycles. The van der Waals surface area contributed by atoms with E-state index in [1.807, 2.05) is 60.7 Å². The fourth-order valence-corrected chi connectivity index (χ4v) is 9.26. The second-order valence-electron chi connectivity index (χ2n) is 7.90. The van der Waals surface area contributed by atoms with Gasteiger partial charge in [-0.2, -0.15) is 0 Å². The highest BCUT2D eigenvalue weighted by molar-refractivity contribution is 6.93. The fraction of sp³-hybridized carbons (Fsp3) is 0.160. The van der Waals surface area contributed by atoms with Crippen molar-refractivity contribution in [2.24, 2.45) is 0 Å². The summed E-state index contributed by atoms with van der Waals surface area (Å²) in [6.07, 6.45) is 0. The molecule has 0 saturated heterocycles. The number of rotatable bonds is 6. The molecule has 35 heavy (non-hydrogen) atoms. The number of benzene rings is 3. The molecule has 0 amide bonds. The Balaban J connectivity index is 1.79. The van der Waals surface area contributed by atoms with Crippen LogP contribution in [-0.2, 0) is 38.7 Å². The van der Waals surface area contributed by atoms with Crippen LogP contribution in [0.5, 0.6) is 5.75 Å². The number of carbonyl (C=O) groups is 3. The molecule has 0 spiro atoms. The lowest BCUT2D eigenvalue weighted by Crippen LogP contribution is -2.67. The molecule has 180 valence electrons. The minimum atomic E-state index is -4.23. The van der Waals surface area contributed by atoms with E-state index in [4.69, 9.17) is 22.1 Å². The molecule has 1 heterocycles. The summed E-state index contributed by atoms with van der Waals surface area (Å²) in [5, 5.41) is 2.16. The van der Waals surface area contributed by atoms with Crippen molar-refractivity contribution in [3.8, 4) is 5.75 Å². The summed E-state index contributed by atoms with van der Waals surface area (Å²) in [4.78, 5) is 35.6. The molecule has 0 atom stereocenters. The van der Waals surface area contributed by atoms with Crippen molar-refractivity contribution in [2.45, 2.75) is 27.4 Å². The van der Waals surface area contributed by atoms with Crippen molar-refractivity contribution < 1.29 is 36.5 Å². The lowest BCUT2D eigenvalue weighted by molar-refractivity contribution is -0.146. The van der Waals surface area contributed by atoms with Crippen LogP contribution in [0.25, 0.3) is 0 Å². The van der Waals surface area contributed by atoms with Crippen molar-refractivity contribution in [1.29, 1.82) is 0 Å². The lowest BCUT2D eigenvalue weighted by atomic mass is 10.2. The minimum Gasteiger partial charge on any atom is -0.514 e. The second-order valence-corrected chi connectivity index (χ2v) is 13.1. The molecule has 1 aliphatic heterocycles. The van der Waals surface area contributed by atoms with Crippen LogP contribution in [0.4, 0.5) is 0 Å². The van der Waals surface area contributed by atoms with Crippen molar-refractivity contribution in [1.82, 2.24) is 0 Å². The van der Waals surface area contributed by atoms with Gasteiger partial charge in [0.15, 0.2) is 0 Å². The maximum atomic E-state index is 11.9. The highest BCUT2D eigenvalue weighted by Gasteiger charge is 2.55. The predicted molar refractivity (Wildman–Crippen MR) is 130 cm³/mol. The van der Waals surface area contributed by atoms with Crippen molar-refractivity contribution in [3.63, 3.8) is 0 Å². The summed E-state index contributed by atoms with van der Waals surface area (Å²) in [5.74, 6) is -1.66. The van der Waals surface area contributed by atoms with Crippen LogP contribution in [0.2, 0.25) is 0 Å². The minimum absolute atomic E-state index is 0.184. The van der Waals surface area contributed by atoms with Gasteiger partial charge in [-0.25, -0.2) is 0 Å². The molecule has 0 unspecified atom stereocenters. The number of fused-ring (bicyclic) bond motifs is 1. The van der Waals surface area contributed by atoms with Crippen molar-refractivity contribution in [3.05, 3.63) is 84.4 Å². The van der Waals surface area contributed by atoms with E-state index in [9.17, 15) is 14.4 Å². The van der Waals surface area contributed by atoms with Gasteiger partial charge in [0.05, 0.1) is 11.8 Å². The van der Waals surface area contributed by atoms with Gasteiger partial charge in [0, 0.05) is 36.7 Å². The van der Waals surface area contributed by atoms with E-state index in [-0.39, 0.29) is 11.8 Å². The Morgan fingerprint density at radius 2 is 1.23 bits per heavy atom. The van der Waals surface area contributed by atoms with E-state index in [2.05, 4.69) is 0 Å². The Morgan fingerprint density at radius 1 is 0.743 bits per heavy atom. The van der Waals surface area contributed by atoms with Crippen molar-refractivity contribution in [2.75, 3.05) is 0 Å². The predicted octanol–water partition coefficient (Wildman–Crippen LogP) is 1.69. The van der Waals surface area contributed by atoms with Gasteiger partial charge in [-0.1, -0.05) is 60.7 Å². The van der Waals surface area contributed by atoms with E-state index < -0.39 is 35.3 Å². The maximum Gasteiger partial charge on any atom is 0.742 e. The number of carbonyl (C=O) groups excluding carboxylic acids is 3. The van der Waals surface area contributed by atoms with Crippen molar-refractivity contribution >= 4 is 50.8 Å². The van der Waals surface area contributed by atoms with Gasteiger partial charge in [-0.3, -0.25) is 14.4 Å². The SMILES string of the molecule is CC(=O)O[Si](OC(C)=O)(OC(C)=O)c1ccc2c(c1)CO[Si](c1ccccc1)(c1ccccc1)O2. The molecular formula is C25H24O8Si2. The Kier molecular flexibility index (Phi) is 6.87. The van der Waals surface area contributed by atoms with Crippen LogP contribution in [0, 0.1) is 0 Å². The molecule has 8 nitrogen and oxygen atoms in total. The largest absolute Gasteiger partial charge is 0.742 e. The van der Waals surface area contributed by atoms with E-state index in [1.54, 1.807) is 18.2 Å². The zero-order valence-corrected chi connectivity index (χ0v) is 21.5. The third-order valence-corrected chi connectivity index (χ3v) is 11.2. The number of hydrogen-bond donors (Lipinski definition) is 0. The summed E-state index contributed by atoms with van der Waals surface area (Å²) < 4.78 is 29.2. The van der Waals surface area contributed by atoms with E-state index in [0.29, 0.717) is 11.3 Å². The first kappa shape index (κ1) is 24.4. The van der Waals surface area contributed by atoms with Gasteiger partial charge in [0.25, 0.3) is 17.9 Å². The molecule has 0 saturated carbocycles. The summed E-state index contributed by atoms with van der Waals surface area (Å²) in [6.45, 7) is 3.64. The van der Waals surface area contributed by atoms with Gasteiger partial charge in [-0.05, 0) is 18.2 Å². The van der Waals surface area contributed by atoms with Gasteiger partial charge in [0.1, 0.15) is 5.75 Å². The molecule has 0 N–H and O–H groups in total. The third kappa shape index (κ3) is 5.04. The Morgan fingerprint density at radius 3 is 1.69 bits per heavy atom. The van der Waals surface area contributed by atoms with Crippen LogP contribution in [0.3, 0.4) is 0 Å². The normalized spacial score (nSPS) is 14.1. The molecule has 1 aliphatic rings. The maximum absolute atomic E-state index is 11.9. The summed E-state index contributed by atoms with van der Waals surface area (Å²) >= 11 is 0. The smallest absolute Gasteiger partial charge is 0.514 e. The van der Waals surface area contributed by atoms with Gasteiger partial charge >= 0.3 is 17.4 Å². The van der Waals surface area contributed by atoms with E-state index in [0.717, 1.165) is 31.1 Å². The molecule has 10 heteroatoms. The van der Waals surface area contributed by atoms with Crippen LogP contribution in [-0.4, -0.2) is 35.3 Å². The lowest BCUT2D eigenvalue weighted by Gasteiger charge is -2.37. The summed E-state index contributed by atoms with van der Waals surface area (Å²) in [5.41, 5.74) is 0.640. The average Bonchev–Trinajstić information content (AvgIpc) is 2.83. The van der Waals surface area contributed by atoms with Crippen LogP contribution in [0.1, 0.15) is 26.3 Å². The molecule has 0 bridgehead atoms. The van der Waals surface area contributed by atoms with Crippen LogP contribution >= 0.6 is 0 Å². The molecule has 0 aromatic heterocycles. The van der Waals surface area contributed by atoms with E-state index >= 15 is 0 Å². The van der Waals surface area contributed by atoms with Crippen LogP contribution in [0.15, 0.2) is 78.9 Å². The third-order valence-electron chi connectivity index (χ3n) is 5.24. The van der Waals surface area contributed by atoms with E-state index in [1.165, 1.54) is 0 Å². The zero-order valence-electron chi connectivity index (χ0n) is 19.5. The molecule has 4 rings (SSSR count). The van der Waals surface area contributed by atoms with Gasteiger partial charge in [-0.15, -0.1) is 0 Å². The highest BCUT2D eigenvalue weighted by Crippen LogP contribution is 2.29. The molecule has 0 fully saturated rings. The summed E-state index contributed by atoms with van der Waals surface area (Å²) in [6, 6.07) is 24.5. The first-order valence-electron chi connectivity index (χ1n) is 10.9. The monoisotopic (exact) mass is 508 g/mol. The Hall–Kier alpha value is -3.74. The van der Waals surface area contributed by atoms with Gasteiger partial charge < -0.3 is 22.1 Å². The fourth-order valence-electron chi connectivity index (χ4n) is 3.92. The quantitative estimate of drug-likeness (QED) is 0.464. The molecule has 0 radical (unpaired) electrons. The molecule has 3 aromatic rings. The number of hydrogen-bond acceptors (Lipinski definition) is 8. The first-order chi connectivity index (χ1) is 16.7. The Bertz CT molecular complexity index is 1170. The topological polar surface area (TPSA) is 97.4 Å². The zero-order chi connectivity index (χ0) is 25.1. The van der Waals surface area contributed by atoms with Gasteiger partial charge in [0.2, 0.25) is 0 Å². The second kappa shape index (κ2) is 9.86.